The molecule has 30 valence electrons. The molecule has 0 saturated heterocycles. The minimum Gasteiger partial charge on any atom is -0.287 e. The number of rotatable bonds is 1. The van der Waals surface area contributed by atoms with Crippen LogP contribution < -0.4 is 5.32 Å². The Balaban J connectivity index is 2.93. The summed E-state index contributed by atoms with van der Waals surface area (Å²) in [4.78, 5) is 0. The Kier molecular flexibility index (Phi) is 3.73. The highest BCUT2D eigenvalue weighted by atomic mass is 32.1. The van der Waals surface area contributed by atoms with Gasteiger partial charge in [0.1, 0.15) is 11.3 Å². The maximum Gasteiger partial charge on any atom is 0.100 e. The van der Waals surface area contributed by atoms with E-state index in [4.69, 9.17) is 0 Å². The van der Waals surface area contributed by atoms with Crippen molar-refractivity contribution in [3.8, 4) is 0 Å². The van der Waals surface area contributed by atoms with Crippen molar-refractivity contribution in [3.63, 3.8) is 0 Å². The van der Waals surface area contributed by atoms with Gasteiger partial charge in [0.05, 0.1) is 5.49 Å². The highest BCUT2D eigenvalue weighted by Crippen LogP contribution is 1.18. The van der Waals surface area contributed by atoms with Crippen LogP contribution in [0.4, 0.5) is 0 Å². The van der Waals surface area contributed by atoms with E-state index in [-0.39, 0.29) is 0 Å². The van der Waals surface area contributed by atoms with Gasteiger partial charge in [-0.3, -0.25) is 5.32 Å². The predicted octanol–water partition coefficient (Wildman–Crippen LogP) is -0.821. The lowest BCUT2D eigenvalue weighted by molar-refractivity contribution is 0.701. The molecule has 0 aromatic rings. The van der Waals surface area contributed by atoms with Gasteiger partial charge in [-0.05, 0) is 7.05 Å². The van der Waals surface area contributed by atoms with Gasteiger partial charge >= 0.3 is 0 Å². The minimum absolute atomic E-state index is 0.416. The molecule has 0 saturated carbocycles. The van der Waals surface area contributed by atoms with Crippen molar-refractivity contribution in [2.75, 3.05) is 7.05 Å². The summed E-state index contributed by atoms with van der Waals surface area (Å²) >= 11 is 0.416. The fraction of sp³-hybridized carbons (Fsp3) is 0.500. The number of nitrogens with one attached hydrogen (secondary N) is 1. The second kappa shape index (κ2) is 3.85. The molecule has 0 rings (SSSR count). The molecule has 0 aromatic heterocycles. The Morgan fingerprint density at radius 2 is 2.60 bits per heavy atom. The lowest BCUT2D eigenvalue weighted by atomic mass is 11.3. The molecule has 0 aliphatic carbocycles. The Hall–Kier alpha value is -0.150. The molecule has 0 bridgehead atoms. The van der Waals surface area contributed by atoms with Gasteiger partial charge in [-0.1, -0.05) is 0 Å². The van der Waals surface area contributed by atoms with Crippen molar-refractivity contribution in [1.82, 2.24) is 5.32 Å². The van der Waals surface area contributed by atoms with E-state index in [1.165, 1.54) is 5.49 Å². The van der Waals surface area contributed by atoms with Gasteiger partial charge in [0.15, 0.2) is 0 Å². The van der Waals surface area contributed by atoms with Gasteiger partial charge in [-0.2, -0.15) is 0 Å². The fourth-order valence-electron chi connectivity index (χ4n) is 0.0481. The molecule has 0 radical (unpaired) electrons. The maximum atomic E-state index is 9.33. The van der Waals surface area contributed by atoms with Crippen LogP contribution in [0.15, 0.2) is 0 Å². The molecule has 0 heterocycles. The van der Waals surface area contributed by atoms with Gasteiger partial charge in [0.2, 0.25) is 0 Å². The average Bonchev–Trinajstić information content (AvgIpc) is 1.41. The molecule has 0 aliphatic heterocycles. The largest absolute Gasteiger partial charge is 0.287 e. The maximum absolute atomic E-state index is 9.33. The summed E-state index contributed by atoms with van der Waals surface area (Å²) in [5, 5.41) is 2.54. The number of hydrogen-bond donors (Lipinski definition) is 1. The zero-order chi connectivity index (χ0) is 4.12. The van der Waals surface area contributed by atoms with Crippen molar-refractivity contribution < 1.29 is 4.21 Å². The van der Waals surface area contributed by atoms with Crippen molar-refractivity contribution >= 4 is 16.7 Å². The average molecular weight is 91.1 g/mol. The Bertz CT molecular complexity index is 56.7. The van der Waals surface area contributed by atoms with Crippen LogP contribution in [-0.2, 0) is 11.3 Å². The van der Waals surface area contributed by atoms with Crippen LogP contribution in [-0.4, -0.2) is 16.7 Å². The highest BCUT2D eigenvalue weighted by Gasteiger charge is 1.47. The SMILES string of the molecule is CNC=S=O. The summed E-state index contributed by atoms with van der Waals surface area (Å²) in [6.45, 7) is 0. The molecular weight excluding hydrogens is 86.1 g/mol. The topological polar surface area (TPSA) is 29.1 Å². The van der Waals surface area contributed by atoms with Gasteiger partial charge in [0, 0.05) is 0 Å². The Labute approximate surface area is 34.3 Å². The molecule has 0 fully saturated rings. The Morgan fingerprint density at radius 3 is 2.60 bits per heavy atom. The monoisotopic (exact) mass is 91.0 g/mol. The third-order valence-electron chi connectivity index (χ3n) is 0.166. The van der Waals surface area contributed by atoms with Crippen molar-refractivity contribution in [1.29, 1.82) is 0 Å². The third kappa shape index (κ3) is 3.85. The number of hydrogen-bond acceptors (Lipinski definition) is 1. The molecular formula is C2H5NOS. The molecule has 0 atom stereocenters. The van der Waals surface area contributed by atoms with E-state index in [1.54, 1.807) is 7.05 Å². The first kappa shape index (κ1) is 4.85. The van der Waals surface area contributed by atoms with E-state index in [0.717, 1.165) is 0 Å². The van der Waals surface area contributed by atoms with Crippen molar-refractivity contribution in [2.24, 2.45) is 0 Å². The lowest BCUT2D eigenvalue weighted by Crippen LogP contribution is -1.98. The van der Waals surface area contributed by atoms with Crippen LogP contribution in [0.2, 0.25) is 0 Å². The quantitative estimate of drug-likeness (QED) is 0.427. The standard InChI is InChI=1S/C2H5NOS/c1-3-2-5-4/h2-3H,1H3. The summed E-state index contributed by atoms with van der Waals surface area (Å²) in [5.74, 6) is 0. The third-order valence-corrected chi connectivity index (χ3v) is 0.498. The Morgan fingerprint density at radius 1 is 2.00 bits per heavy atom. The molecule has 0 spiro atoms. The summed E-state index contributed by atoms with van der Waals surface area (Å²) in [5.41, 5.74) is 1.36. The first-order valence-electron chi connectivity index (χ1n) is 1.19. The van der Waals surface area contributed by atoms with Crippen molar-refractivity contribution in [2.45, 2.75) is 0 Å². The fourth-order valence-corrected chi connectivity index (χ4v) is 0.144. The normalized spacial score (nSPS) is 6.60. The minimum atomic E-state index is 0.416. The van der Waals surface area contributed by atoms with Crippen LogP contribution in [0.5, 0.6) is 0 Å². The van der Waals surface area contributed by atoms with E-state index >= 15 is 0 Å². The van der Waals surface area contributed by atoms with Crippen LogP contribution in [0.1, 0.15) is 0 Å². The molecule has 1 N–H and O–H groups in total. The lowest BCUT2D eigenvalue weighted by Gasteiger charge is -1.64. The van der Waals surface area contributed by atoms with Gasteiger partial charge in [-0.25, -0.2) is 4.21 Å². The first-order valence-corrected chi connectivity index (χ1v) is 2.00. The van der Waals surface area contributed by atoms with E-state index in [0.29, 0.717) is 11.3 Å². The predicted molar refractivity (Wildman–Crippen MR) is 23.3 cm³/mol. The molecule has 5 heavy (non-hydrogen) atoms. The molecule has 2 nitrogen and oxygen atoms in total. The molecule has 0 amide bonds. The second-order valence-corrected chi connectivity index (χ2v) is 0.931. The smallest absolute Gasteiger partial charge is 0.100 e. The van der Waals surface area contributed by atoms with Gasteiger partial charge in [-0.15, -0.1) is 0 Å². The molecule has 0 aliphatic rings. The summed E-state index contributed by atoms with van der Waals surface area (Å²) in [7, 11) is 1.69. The van der Waals surface area contributed by atoms with Crippen LogP contribution in [0.25, 0.3) is 0 Å². The zero-order valence-electron chi connectivity index (χ0n) is 2.89. The summed E-state index contributed by atoms with van der Waals surface area (Å²) < 4.78 is 9.33. The van der Waals surface area contributed by atoms with E-state index in [9.17, 15) is 4.21 Å². The van der Waals surface area contributed by atoms with E-state index in [2.05, 4.69) is 5.32 Å². The first-order chi connectivity index (χ1) is 2.41. The zero-order valence-corrected chi connectivity index (χ0v) is 3.71. The second-order valence-electron chi connectivity index (χ2n) is 0.503. The molecule has 0 unspecified atom stereocenters. The van der Waals surface area contributed by atoms with Crippen LogP contribution in [0.3, 0.4) is 0 Å². The van der Waals surface area contributed by atoms with E-state index in [1.807, 2.05) is 0 Å². The highest BCUT2D eigenvalue weighted by molar-refractivity contribution is 7.64. The van der Waals surface area contributed by atoms with Gasteiger partial charge in [0.25, 0.3) is 0 Å². The summed E-state index contributed by atoms with van der Waals surface area (Å²) in [6.07, 6.45) is 0. The van der Waals surface area contributed by atoms with Crippen LogP contribution >= 0.6 is 0 Å². The van der Waals surface area contributed by atoms with E-state index < -0.39 is 0 Å². The van der Waals surface area contributed by atoms with Gasteiger partial charge < -0.3 is 0 Å². The van der Waals surface area contributed by atoms with Crippen molar-refractivity contribution in [3.05, 3.63) is 0 Å². The summed E-state index contributed by atoms with van der Waals surface area (Å²) in [6, 6.07) is 0. The van der Waals surface area contributed by atoms with Crippen LogP contribution in [0, 0.1) is 0 Å². The molecule has 3 heteroatoms. The molecule has 0 aromatic carbocycles.